The third-order valence-electron chi connectivity index (χ3n) is 2.78. The van der Waals surface area contributed by atoms with Gasteiger partial charge in [-0.05, 0) is 17.7 Å². The number of amidine groups is 1. The molecule has 0 atom stereocenters. The van der Waals surface area contributed by atoms with Crippen molar-refractivity contribution in [3.63, 3.8) is 0 Å². The minimum absolute atomic E-state index is 0.00958. The van der Waals surface area contributed by atoms with Gasteiger partial charge in [-0.25, -0.2) is 0 Å². The zero-order valence-corrected chi connectivity index (χ0v) is 11.6. The van der Waals surface area contributed by atoms with Crippen LogP contribution in [0.15, 0.2) is 18.2 Å². The highest BCUT2D eigenvalue weighted by Gasteiger charge is 2.30. The van der Waals surface area contributed by atoms with Gasteiger partial charge in [-0.15, -0.1) is 0 Å². The van der Waals surface area contributed by atoms with Gasteiger partial charge in [0.25, 0.3) is 0 Å². The molecule has 1 aromatic carbocycles. The van der Waals surface area contributed by atoms with Crippen molar-refractivity contribution in [3.05, 3.63) is 29.3 Å². The molecule has 0 unspecified atom stereocenters. The van der Waals surface area contributed by atoms with Gasteiger partial charge in [0.15, 0.2) is 0 Å². The van der Waals surface area contributed by atoms with E-state index in [4.69, 9.17) is 21.0 Å². The molecule has 8 heteroatoms. The summed E-state index contributed by atoms with van der Waals surface area (Å²) in [6.45, 7) is -1.59. The second-order valence-corrected chi connectivity index (χ2v) is 4.50. The van der Waals surface area contributed by atoms with Gasteiger partial charge in [0.2, 0.25) is 0 Å². The smallest absolute Gasteiger partial charge is 0.401 e. The lowest BCUT2D eigenvalue weighted by molar-refractivity contribution is -0.147. The molecule has 0 heterocycles. The van der Waals surface area contributed by atoms with E-state index >= 15 is 0 Å². The quantitative estimate of drug-likeness (QED) is 0.524. The Bertz CT molecular complexity index is 492. The maximum Gasteiger partial charge on any atom is 0.401 e. The van der Waals surface area contributed by atoms with Crippen molar-refractivity contribution in [2.75, 3.05) is 26.8 Å². The Kier molecular flexibility index (Phi) is 5.98. The van der Waals surface area contributed by atoms with Gasteiger partial charge < -0.3 is 15.6 Å². The van der Waals surface area contributed by atoms with E-state index in [0.717, 1.165) is 4.90 Å². The summed E-state index contributed by atoms with van der Waals surface area (Å²) in [5.74, 6) is 0.161. The SMILES string of the molecule is COc1ccc(CN(CCO)CC(F)(F)F)cc1C(=N)N. The first kappa shape index (κ1) is 17.3. The summed E-state index contributed by atoms with van der Waals surface area (Å²) in [5, 5.41) is 16.3. The Morgan fingerprint density at radius 2 is 2.10 bits per heavy atom. The maximum absolute atomic E-state index is 12.5. The number of nitrogens with one attached hydrogen (secondary N) is 1. The van der Waals surface area contributed by atoms with Crippen molar-refractivity contribution in [1.29, 1.82) is 5.41 Å². The third kappa shape index (κ3) is 5.60. The molecule has 0 aromatic heterocycles. The molecule has 0 amide bonds. The fraction of sp³-hybridized carbons (Fsp3) is 0.462. The van der Waals surface area contributed by atoms with Gasteiger partial charge in [-0.2, -0.15) is 13.2 Å². The largest absolute Gasteiger partial charge is 0.496 e. The van der Waals surface area contributed by atoms with Crippen LogP contribution in [0.4, 0.5) is 13.2 Å². The number of rotatable bonds is 7. The van der Waals surface area contributed by atoms with E-state index in [1.807, 2.05) is 0 Å². The second kappa shape index (κ2) is 7.28. The fourth-order valence-corrected chi connectivity index (χ4v) is 1.93. The number of halogens is 3. The Labute approximate surface area is 120 Å². The summed E-state index contributed by atoms with van der Waals surface area (Å²) in [6.07, 6.45) is -4.34. The molecule has 0 aliphatic rings. The zero-order valence-electron chi connectivity index (χ0n) is 11.6. The molecule has 0 radical (unpaired) electrons. The van der Waals surface area contributed by atoms with Crippen LogP contribution in [0.1, 0.15) is 11.1 Å². The summed E-state index contributed by atoms with van der Waals surface area (Å²) in [5.41, 5.74) is 6.30. The lowest BCUT2D eigenvalue weighted by Gasteiger charge is -2.23. The predicted molar refractivity (Wildman–Crippen MR) is 72.4 cm³/mol. The number of alkyl halides is 3. The minimum atomic E-state index is -4.34. The van der Waals surface area contributed by atoms with Gasteiger partial charge in [0.1, 0.15) is 11.6 Å². The highest BCUT2D eigenvalue weighted by molar-refractivity contribution is 5.97. The normalized spacial score (nSPS) is 11.7. The molecule has 1 rings (SSSR count). The molecule has 0 aliphatic carbocycles. The van der Waals surface area contributed by atoms with E-state index in [-0.39, 0.29) is 25.5 Å². The van der Waals surface area contributed by atoms with Crippen molar-refractivity contribution >= 4 is 5.84 Å². The van der Waals surface area contributed by atoms with Crippen LogP contribution in [0.25, 0.3) is 0 Å². The number of nitrogens with two attached hydrogens (primary N) is 1. The first-order valence-electron chi connectivity index (χ1n) is 6.18. The van der Waals surface area contributed by atoms with E-state index in [9.17, 15) is 13.2 Å². The molecular weight excluding hydrogens is 287 g/mol. The van der Waals surface area contributed by atoms with E-state index in [1.165, 1.54) is 13.2 Å². The van der Waals surface area contributed by atoms with Gasteiger partial charge in [0, 0.05) is 13.1 Å². The van der Waals surface area contributed by atoms with Crippen LogP contribution in [0, 0.1) is 5.41 Å². The standard InChI is InChI=1S/C13H18F3N3O2/c1-21-11-3-2-9(6-10(11)12(17)18)7-19(4-5-20)8-13(14,15)16/h2-3,6,20H,4-5,7-8H2,1H3,(H3,17,18). The number of benzene rings is 1. The van der Waals surface area contributed by atoms with Crippen LogP contribution in [-0.4, -0.2) is 48.8 Å². The Morgan fingerprint density at radius 1 is 1.43 bits per heavy atom. The molecule has 0 aliphatic heterocycles. The van der Waals surface area contributed by atoms with E-state index in [2.05, 4.69) is 0 Å². The van der Waals surface area contributed by atoms with Crippen LogP contribution < -0.4 is 10.5 Å². The van der Waals surface area contributed by atoms with E-state index in [1.54, 1.807) is 12.1 Å². The molecular formula is C13H18F3N3O2. The average molecular weight is 305 g/mol. The fourth-order valence-electron chi connectivity index (χ4n) is 1.93. The molecule has 1 aromatic rings. The minimum Gasteiger partial charge on any atom is -0.496 e. The van der Waals surface area contributed by atoms with Crippen molar-refractivity contribution in [3.8, 4) is 5.75 Å². The van der Waals surface area contributed by atoms with E-state index < -0.39 is 12.7 Å². The molecule has 21 heavy (non-hydrogen) atoms. The zero-order chi connectivity index (χ0) is 16.0. The topological polar surface area (TPSA) is 82.6 Å². The molecule has 0 saturated heterocycles. The van der Waals surface area contributed by atoms with Gasteiger partial charge in [-0.3, -0.25) is 10.3 Å². The number of aliphatic hydroxyl groups is 1. The van der Waals surface area contributed by atoms with Crippen molar-refractivity contribution in [2.45, 2.75) is 12.7 Å². The summed E-state index contributed by atoms with van der Waals surface area (Å²) < 4.78 is 42.4. The number of hydrogen-bond acceptors (Lipinski definition) is 4. The van der Waals surface area contributed by atoms with Crippen LogP contribution in [0.2, 0.25) is 0 Å². The first-order valence-corrected chi connectivity index (χ1v) is 6.18. The van der Waals surface area contributed by atoms with Crippen LogP contribution in [0.5, 0.6) is 5.75 Å². The molecule has 0 saturated carbocycles. The number of nitrogens with zero attached hydrogens (tertiary/aromatic N) is 1. The molecule has 0 spiro atoms. The monoisotopic (exact) mass is 305 g/mol. The molecule has 0 bridgehead atoms. The Balaban J connectivity index is 2.93. The van der Waals surface area contributed by atoms with Crippen LogP contribution >= 0.6 is 0 Å². The van der Waals surface area contributed by atoms with Gasteiger partial charge >= 0.3 is 6.18 Å². The lowest BCUT2D eigenvalue weighted by atomic mass is 10.1. The summed E-state index contributed by atoms with van der Waals surface area (Å²) in [4.78, 5) is 1.08. The molecule has 4 N–H and O–H groups in total. The van der Waals surface area contributed by atoms with Crippen LogP contribution in [-0.2, 0) is 6.54 Å². The molecule has 5 nitrogen and oxygen atoms in total. The Morgan fingerprint density at radius 3 is 2.57 bits per heavy atom. The third-order valence-corrected chi connectivity index (χ3v) is 2.78. The van der Waals surface area contributed by atoms with Crippen LogP contribution in [0.3, 0.4) is 0 Å². The maximum atomic E-state index is 12.5. The lowest BCUT2D eigenvalue weighted by Crippen LogP contribution is -2.35. The summed E-state index contributed by atoms with van der Waals surface area (Å²) in [7, 11) is 1.42. The number of methoxy groups -OCH3 is 1. The number of ether oxygens (including phenoxy) is 1. The second-order valence-electron chi connectivity index (χ2n) is 4.50. The molecule has 118 valence electrons. The highest BCUT2D eigenvalue weighted by Crippen LogP contribution is 2.22. The highest BCUT2D eigenvalue weighted by atomic mass is 19.4. The number of aliphatic hydroxyl groups excluding tert-OH is 1. The van der Waals surface area contributed by atoms with Crippen molar-refractivity contribution in [1.82, 2.24) is 4.90 Å². The average Bonchev–Trinajstić information content (AvgIpc) is 2.37. The number of hydrogen-bond donors (Lipinski definition) is 3. The Hall–Kier alpha value is -1.80. The van der Waals surface area contributed by atoms with E-state index in [0.29, 0.717) is 16.9 Å². The van der Waals surface area contributed by atoms with Gasteiger partial charge in [-0.1, -0.05) is 6.07 Å². The van der Waals surface area contributed by atoms with Crippen molar-refractivity contribution in [2.24, 2.45) is 5.73 Å². The predicted octanol–water partition coefficient (Wildman–Crippen LogP) is 1.34. The van der Waals surface area contributed by atoms with Gasteiger partial charge in [0.05, 0.1) is 25.8 Å². The first-order chi connectivity index (χ1) is 9.76. The summed E-state index contributed by atoms with van der Waals surface area (Å²) >= 11 is 0. The van der Waals surface area contributed by atoms with Crippen molar-refractivity contribution < 1.29 is 23.0 Å². The molecule has 0 fully saturated rings. The summed E-state index contributed by atoms with van der Waals surface area (Å²) in [6, 6.07) is 4.67. The number of nitrogen functional groups attached to an aromatic ring is 1.